The van der Waals surface area contributed by atoms with E-state index in [1.54, 1.807) is 0 Å². The first-order valence-corrected chi connectivity index (χ1v) is 7.10. The van der Waals surface area contributed by atoms with Crippen molar-refractivity contribution < 1.29 is 14.6 Å². The molecule has 0 spiro atoms. The van der Waals surface area contributed by atoms with Crippen LogP contribution in [0.1, 0.15) is 17.4 Å². The number of carbonyl (C=O) groups is 1. The maximum atomic E-state index is 11.0. The Morgan fingerprint density at radius 2 is 2.00 bits per heavy atom. The van der Waals surface area contributed by atoms with Gasteiger partial charge < -0.3 is 9.84 Å². The van der Waals surface area contributed by atoms with Crippen LogP contribution in [-0.4, -0.2) is 62.5 Å². The van der Waals surface area contributed by atoms with Crippen LogP contribution in [0.4, 0.5) is 0 Å². The first-order chi connectivity index (χ1) is 10.8. The second-order valence-corrected chi connectivity index (χ2v) is 5.05. The molecule has 8 nitrogen and oxygen atoms in total. The van der Waals surface area contributed by atoms with Crippen molar-refractivity contribution in [1.29, 1.82) is 0 Å². The zero-order valence-electron chi connectivity index (χ0n) is 12.0. The van der Waals surface area contributed by atoms with E-state index in [9.17, 15) is 4.79 Å². The summed E-state index contributed by atoms with van der Waals surface area (Å²) < 4.78 is 6.75. The van der Waals surface area contributed by atoms with Crippen LogP contribution in [0.15, 0.2) is 30.3 Å². The Hall–Kier alpha value is -2.32. The SMILES string of the molecule is O=C(O)Cn1nnnc1[C@H](c1ccccc1)N1CCOCC1. The van der Waals surface area contributed by atoms with E-state index in [2.05, 4.69) is 20.4 Å². The van der Waals surface area contributed by atoms with Crippen LogP contribution in [-0.2, 0) is 16.1 Å². The van der Waals surface area contributed by atoms with Crippen molar-refractivity contribution in [3.05, 3.63) is 41.7 Å². The molecule has 0 aliphatic carbocycles. The fraction of sp³-hybridized carbons (Fsp3) is 0.429. The smallest absolute Gasteiger partial charge is 0.325 e. The zero-order valence-corrected chi connectivity index (χ0v) is 12.0. The number of nitrogens with zero attached hydrogens (tertiary/aromatic N) is 5. The second kappa shape index (κ2) is 6.63. The quantitative estimate of drug-likeness (QED) is 0.842. The van der Waals surface area contributed by atoms with Crippen LogP contribution in [0.2, 0.25) is 0 Å². The number of morpholine rings is 1. The molecule has 0 amide bonds. The average molecular weight is 303 g/mol. The molecule has 1 aliphatic rings. The Kier molecular flexibility index (Phi) is 4.40. The van der Waals surface area contributed by atoms with Gasteiger partial charge in [0.25, 0.3) is 0 Å². The van der Waals surface area contributed by atoms with Gasteiger partial charge >= 0.3 is 5.97 Å². The first kappa shape index (κ1) is 14.6. The molecule has 3 rings (SSSR count). The third-order valence-electron chi connectivity index (χ3n) is 3.62. The van der Waals surface area contributed by atoms with Crippen molar-refractivity contribution in [3.63, 3.8) is 0 Å². The number of aliphatic carboxylic acids is 1. The van der Waals surface area contributed by atoms with Gasteiger partial charge in [-0.1, -0.05) is 30.3 Å². The number of ether oxygens (including phenoxy) is 1. The maximum absolute atomic E-state index is 11.0. The summed E-state index contributed by atoms with van der Waals surface area (Å²) in [4.78, 5) is 13.2. The number of hydrogen-bond acceptors (Lipinski definition) is 6. The van der Waals surface area contributed by atoms with Gasteiger partial charge in [0.1, 0.15) is 6.54 Å². The van der Waals surface area contributed by atoms with Crippen LogP contribution >= 0.6 is 0 Å². The third-order valence-corrected chi connectivity index (χ3v) is 3.62. The fourth-order valence-corrected chi connectivity index (χ4v) is 2.64. The molecule has 2 aromatic rings. The molecule has 22 heavy (non-hydrogen) atoms. The van der Waals surface area contributed by atoms with Gasteiger partial charge in [-0.25, -0.2) is 4.68 Å². The van der Waals surface area contributed by atoms with Gasteiger partial charge in [-0.05, 0) is 16.0 Å². The van der Waals surface area contributed by atoms with Crippen LogP contribution in [0.3, 0.4) is 0 Å². The predicted molar refractivity (Wildman–Crippen MR) is 76.1 cm³/mol. The van der Waals surface area contributed by atoms with E-state index in [1.165, 1.54) is 4.68 Å². The van der Waals surface area contributed by atoms with Gasteiger partial charge in [0.05, 0.1) is 19.3 Å². The Balaban J connectivity index is 1.98. The lowest BCUT2D eigenvalue weighted by Gasteiger charge is -2.33. The average Bonchev–Trinajstić information content (AvgIpc) is 2.97. The molecule has 1 aromatic heterocycles. The maximum Gasteiger partial charge on any atom is 0.325 e. The molecule has 0 radical (unpaired) electrons. The minimum Gasteiger partial charge on any atom is -0.480 e. The van der Waals surface area contributed by atoms with Crippen LogP contribution in [0.25, 0.3) is 0 Å². The molecule has 1 N–H and O–H groups in total. The molecule has 1 aliphatic heterocycles. The molecule has 1 aromatic carbocycles. The summed E-state index contributed by atoms with van der Waals surface area (Å²) in [7, 11) is 0. The lowest BCUT2D eigenvalue weighted by atomic mass is 10.0. The first-order valence-electron chi connectivity index (χ1n) is 7.10. The summed E-state index contributed by atoms with van der Waals surface area (Å²) >= 11 is 0. The van der Waals surface area contributed by atoms with E-state index in [-0.39, 0.29) is 12.6 Å². The highest BCUT2D eigenvalue weighted by atomic mass is 16.5. The van der Waals surface area contributed by atoms with E-state index >= 15 is 0 Å². The Labute approximate surface area is 127 Å². The third kappa shape index (κ3) is 3.12. The predicted octanol–water partition coefficient (Wildman–Crippen LogP) is 0.179. The number of rotatable bonds is 5. The second-order valence-electron chi connectivity index (χ2n) is 5.05. The number of carboxylic acids is 1. The minimum atomic E-state index is -0.970. The Morgan fingerprint density at radius 3 is 2.68 bits per heavy atom. The molecule has 0 saturated carbocycles. The van der Waals surface area contributed by atoms with Crippen LogP contribution in [0, 0.1) is 0 Å². The monoisotopic (exact) mass is 303 g/mol. The van der Waals surface area contributed by atoms with Crippen LogP contribution in [0.5, 0.6) is 0 Å². The topological polar surface area (TPSA) is 93.4 Å². The summed E-state index contributed by atoms with van der Waals surface area (Å²) in [5, 5.41) is 20.6. The highest BCUT2D eigenvalue weighted by Crippen LogP contribution is 2.27. The van der Waals surface area contributed by atoms with E-state index in [0.29, 0.717) is 19.0 Å². The van der Waals surface area contributed by atoms with E-state index in [0.717, 1.165) is 18.7 Å². The molecular weight excluding hydrogens is 286 g/mol. The zero-order chi connectivity index (χ0) is 15.4. The summed E-state index contributed by atoms with van der Waals surface area (Å²) in [5.41, 5.74) is 1.03. The molecule has 2 heterocycles. The van der Waals surface area contributed by atoms with Gasteiger partial charge in [-0.2, -0.15) is 0 Å². The van der Waals surface area contributed by atoms with Crippen molar-refractivity contribution >= 4 is 5.97 Å². The van der Waals surface area contributed by atoms with Crippen molar-refractivity contribution in [2.75, 3.05) is 26.3 Å². The lowest BCUT2D eigenvalue weighted by molar-refractivity contribution is -0.138. The molecule has 1 fully saturated rings. The summed E-state index contributed by atoms with van der Waals surface area (Å²) in [6.45, 7) is 2.53. The van der Waals surface area contributed by atoms with Crippen molar-refractivity contribution in [1.82, 2.24) is 25.1 Å². The molecule has 8 heteroatoms. The van der Waals surface area contributed by atoms with Crippen molar-refractivity contribution in [2.45, 2.75) is 12.6 Å². The Morgan fingerprint density at radius 1 is 1.27 bits per heavy atom. The number of tetrazole rings is 1. The van der Waals surface area contributed by atoms with E-state index in [1.807, 2.05) is 30.3 Å². The molecule has 0 unspecified atom stereocenters. The van der Waals surface area contributed by atoms with Gasteiger partial charge in [0.15, 0.2) is 5.82 Å². The van der Waals surface area contributed by atoms with Crippen molar-refractivity contribution in [3.8, 4) is 0 Å². The number of aromatic nitrogens is 4. The van der Waals surface area contributed by atoms with Gasteiger partial charge in [-0.3, -0.25) is 9.69 Å². The number of carboxylic acid groups (broad SMARTS) is 1. The molecular formula is C14H17N5O3. The largest absolute Gasteiger partial charge is 0.480 e. The molecule has 116 valence electrons. The molecule has 1 atom stereocenters. The fourth-order valence-electron chi connectivity index (χ4n) is 2.64. The van der Waals surface area contributed by atoms with E-state index in [4.69, 9.17) is 9.84 Å². The van der Waals surface area contributed by atoms with Gasteiger partial charge in [0, 0.05) is 13.1 Å². The number of benzene rings is 1. The summed E-state index contributed by atoms with van der Waals surface area (Å²) in [6.07, 6.45) is 0. The van der Waals surface area contributed by atoms with E-state index < -0.39 is 5.97 Å². The summed E-state index contributed by atoms with van der Waals surface area (Å²) in [5.74, 6) is -0.433. The van der Waals surface area contributed by atoms with Gasteiger partial charge in [0.2, 0.25) is 0 Å². The van der Waals surface area contributed by atoms with Crippen LogP contribution < -0.4 is 0 Å². The standard InChI is InChI=1S/C14H17N5O3/c20-12(21)10-19-14(15-16-17-19)13(11-4-2-1-3-5-11)18-6-8-22-9-7-18/h1-5,13H,6-10H2,(H,20,21)/t13-/m0/s1. The lowest BCUT2D eigenvalue weighted by Crippen LogP contribution is -2.40. The highest BCUT2D eigenvalue weighted by Gasteiger charge is 2.29. The van der Waals surface area contributed by atoms with Crippen molar-refractivity contribution in [2.24, 2.45) is 0 Å². The molecule has 0 bridgehead atoms. The molecule has 1 saturated heterocycles. The highest BCUT2D eigenvalue weighted by molar-refractivity contribution is 5.66. The normalized spacial score (nSPS) is 17.3. The van der Waals surface area contributed by atoms with Gasteiger partial charge in [-0.15, -0.1) is 5.10 Å². The summed E-state index contributed by atoms with van der Waals surface area (Å²) in [6, 6.07) is 9.67. The minimum absolute atomic E-state index is 0.181. The number of hydrogen-bond donors (Lipinski definition) is 1. The Bertz CT molecular complexity index is 624.